The average Bonchev–Trinajstić information content (AvgIpc) is 3.95. The normalized spacial score (nSPS) is 29.8. The van der Waals surface area contributed by atoms with Crippen LogP contribution in [0, 0.1) is 10.8 Å². The van der Waals surface area contributed by atoms with Crippen molar-refractivity contribution in [3.05, 3.63) is 47.8 Å². The number of carbonyl (C=O) groups excluding carboxylic acids is 3. The third-order valence-electron chi connectivity index (χ3n) is 11.3. The maximum atomic E-state index is 14.2. The first-order valence-electron chi connectivity index (χ1n) is 21.3. The first-order valence-corrected chi connectivity index (χ1v) is 22.1. The van der Waals surface area contributed by atoms with Crippen molar-refractivity contribution < 1.29 is 88.4 Å². The number of ether oxygens (including phenoxy) is 7. The number of esters is 3. The lowest BCUT2D eigenvalue weighted by molar-refractivity contribution is -0.301. The van der Waals surface area contributed by atoms with E-state index in [2.05, 4.69) is 36.6 Å². The summed E-state index contributed by atoms with van der Waals surface area (Å²) in [5.41, 5.74) is -1.78. The molecular weight excluding hydrogens is 944 g/mol. The van der Waals surface area contributed by atoms with Crippen LogP contribution in [0.25, 0.3) is 0 Å². The van der Waals surface area contributed by atoms with Crippen molar-refractivity contribution in [2.24, 2.45) is 21.2 Å². The summed E-state index contributed by atoms with van der Waals surface area (Å²) in [6, 6.07) is 8.49. The highest BCUT2D eigenvalue weighted by Crippen LogP contribution is 2.44. The molecule has 1 aromatic carbocycles. The Bertz CT molecular complexity index is 1910. The maximum absolute atomic E-state index is 14.2. The minimum Gasteiger partial charge on any atom is -0.462 e. The van der Waals surface area contributed by atoms with Crippen molar-refractivity contribution in [1.29, 1.82) is 0 Å². The molecule has 4 heterocycles. The van der Waals surface area contributed by atoms with Crippen molar-refractivity contribution in [2.45, 2.75) is 132 Å². The largest absolute Gasteiger partial charge is 0.462 e. The van der Waals surface area contributed by atoms with Crippen molar-refractivity contribution in [2.75, 3.05) is 46.1 Å². The molecule has 1 aromatic heterocycles. The molecule has 8 N–H and O–H groups in total. The van der Waals surface area contributed by atoms with Gasteiger partial charge in [0.05, 0.1) is 63.1 Å². The topological polar surface area (TPSA) is 336 Å². The highest BCUT2D eigenvalue weighted by molar-refractivity contribution is 9.10. The molecule has 66 heavy (non-hydrogen) atoms. The van der Waals surface area contributed by atoms with Gasteiger partial charge in [-0.15, -0.1) is 5.10 Å². The number of nitrogens with zero attached hydrogens (tertiary/aromatic N) is 6. The summed E-state index contributed by atoms with van der Waals surface area (Å²) in [7, 11) is 0. The van der Waals surface area contributed by atoms with Crippen LogP contribution in [-0.2, 0) is 67.3 Å². The van der Waals surface area contributed by atoms with E-state index in [0.717, 1.165) is 5.56 Å². The number of benzene rings is 1. The molecule has 0 radical (unpaired) electrons. The van der Waals surface area contributed by atoms with E-state index in [1.165, 1.54) is 22.8 Å². The Hall–Kier alpha value is -3.83. The molecule has 3 aliphatic rings. The Morgan fingerprint density at radius 2 is 1.32 bits per heavy atom. The summed E-state index contributed by atoms with van der Waals surface area (Å²) in [5, 5.41) is 97.1. The summed E-state index contributed by atoms with van der Waals surface area (Å²) < 4.78 is 38.7. The summed E-state index contributed by atoms with van der Waals surface area (Å²) >= 11 is 3.48. The highest BCUT2D eigenvalue weighted by atomic mass is 79.9. The number of hydrogen-bond donors (Lipinski definition) is 8. The van der Waals surface area contributed by atoms with E-state index in [1.807, 2.05) is 18.2 Å². The lowest BCUT2D eigenvalue weighted by Crippen LogP contribution is -2.59. The molecule has 25 heteroatoms. The van der Waals surface area contributed by atoms with E-state index in [0.29, 0.717) is 0 Å². The Balaban J connectivity index is 1.16. The minimum absolute atomic E-state index is 0.00280. The lowest BCUT2D eigenvalue weighted by atomic mass is 9.69. The van der Waals surface area contributed by atoms with Crippen LogP contribution in [0.1, 0.15) is 51.8 Å². The Labute approximate surface area is 388 Å². The fraction of sp³-hybridized carbons (Fsp3) is 0.732. The zero-order chi connectivity index (χ0) is 48.4. The minimum atomic E-state index is -1.60. The second-order valence-electron chi connectivity index (χ2n) is 17.6. The van der Waals surface area contributed by atoms with E-state index >= 15 is 0 Å². The summed E-state index contributed by atoms with van der Waals surface area (Å²) in [6.07, 6.45) is -13.2. The Kier molecular flexibility index (Phi) is 18.9. The number of hydrogen-bond acceptors (Lipinski definition) is 23. The van der Waals surface area contributed by atoms with Gasteiger partial charge in [-0.1, -0.05) is 56.7 Å². The molecule has 370 valence electrons. The number of aliphatic hydroxyl groups is 8. The molecule has 5 rings (SSSR count). The van der Waals surface area contributed by atoms with Gasteiger partial charge in [0.25, 0.3) is 0 Å². The average molecular weight is 1010 g/mol. The van der Waals surface area contributed by atoms with Crippen molar-refractivity contribution in [3.63, 3.8) is 0 Å². The number of rotatable bonds is 23. The van der Waals surface area contributed by atoms with Gasteiger partial charge >= 0.3 is 17.9 Å². The van der Waals surface area contributed by atoms with Gasteiger partial charge in [0.15, 0.2) is 12.6 Å². The third-order valence-corrected chi connectivity index (χ3v) is 11.9. The molecule has 0 saturated carbocycles. The predicted molar refractivity (Wildman–Crippen MR) is 225 cm³/mol. The highest BCUT2D eigenvalue weighted by Gasteiger charge is 2.50. The molecule has 0 amide bonds. The molecule has 0 aliphatic carbocycles. The van der Waals surface area contributed by atoms with Crippen molar-refractivity contribution in [3.8, 4) is 0 Å². The van der Waals surface area contributed by atoms with E-state index in [-0.39, 0.29) is 71.2 Å². The van der Waals surface area contributed by atoms with Gasteiger partial charge in [-0.05, 0) is 46.1 Å². The number of aliphatic hydroxyl groups excluding tert-OH is 8. The number of halogens is 1. The fourth-order valence-corrected chi connectivity index (χ4v) is 8.49. The van der Waals surface area contributed by atoms with Gasteiger partial charge in [-0.25, -0.2) is 4.68 Å². The van der Waals surface area contributed by atoms with Crippen LogP contribution in [0.2, 0.25) is 0 Å². The third kappa shape index (κ3) is 13.9. The molecule has 24 nitrogen and oxygen atoms in total. The predicted octanol–water partition coefficient (Wildman–Crippen LogP) is -1.74. The molecule has 2 saturated heterocycles. The van der Waals surface area contributed by atoms with Crippen LogP contribution in [0.3, 0.4) is 0 Å². The van der Waals surface area contributed by atoms with Crippen LogP contribution in [0.15, 0.2) is 46.9 Å². The van der Waals surface area contributed by atoms with Crippen LogP contribution >= 0.6 is 15.9 Å². The fourth-order valence-electron chi connectivity index (χ4n) is 7.76. The van der Waals surface area contributed by atoms with Gasteiger partial charge in [-0.2, -0.15) is 5.11 Å². The maximum Gasteiger partial charge on any atom is 0.322 e. The molecule has 13 atom stereocenters. The monoisotopic (exact) mass is 1000 g/mol. The number of aromatic nitrogens is 3. The van der Waals surface area contributed by atoms with E-state index < -0.39 is 114 Å². The van der Waals surface area contributed by atoms with Crippen molar-refractivity contribution >= 4 is 33.8 Å². The number of alkyl halides is 1. The standard InChI is InChI=1S/C41H61BrN6O18/c1-39(2,36(57)62-18-23-8-6-5-7-9-23)21-40(3,37(58)63-19-24-14-47(45-43-24)10-12-60-34-32(55)30(53)28(51)26(16-49)65-34)22-41(4,42)38(59)64-20-25-15-48(46-44-25)11-13-61-35-33(56)31(54)29(52)27(17-50)66-35/h5-9,14,25-35,49-56H,10-13,15-22H2,1-4H3. The van der Waals surface area contributed by atoms with Gasteiger partial charge in [-0.3, -0.25) is 19.4 Å². The summed E-state index contributed by atoms with van der Waals surface area (Å²) in [6.45, 7) is 4.93. The van der Waals surface area contributed by atoms with Crippen molar-refractivity contribution in [1.82, 2.24) is 20.0 Å². The first-order chi connectivity index (χ1) is 31.2. The molecule has 2 aromatic rings. The molecule has 0 bridgehead atoms. The Morgan fingerprint density at radius 1 is 0.742 bits per heavy atom. The first kappa shape index (κ1) is 53.1. The summed E-state index contributed by atoms with van der Waals surface area (Å²) in [4.78, 5) is 41.4. The van der Waals surface area contributed by atoms with E-state index in [1.54, 1.807) is 32.9 Å². The van der Waals surface area contributed by atoms with Gasteiger partial charge in [0.1, 0.15) is 84.7 Å². The van der Waals surface area contributed by atoms with Gasteiger partial charge in [0.2, 0.25) is 0 Å². The lowest BCUT2D eigenvalue weighted by Gasteiger charge is -2.39. The molecular formula is C41H61BrN6O18. The Morgan fingerprint density at radius 3 is 1.91 bits per heavy atom. The van der Waals surface area contributed by atoms with Crippen LogP contribution in [0.5, 0.6) is 0 Å². The zero-order valence-electron chi connectivity index (χ0n) is 37.0. The van der Waals surface area contributed by atoms with Crippen LogP contribution in [0.4, 0.5) is 0 Å². The molecule has 0 spiro atoms. The van der Waals surface area contributed by atoms with Gasteiger partial charge < -0.3 is 74.0 Å². The smallest absolute Gasteiger partial charge is 0.322 e. The SMILES string of the molecule is CC(C)(CC(C)(CC(C)(Br)C(=O)OCC1CN(CCOC2OC(CO)C(O)C(O)C2O)N=N1)C(=O)OCc1cn(CCOC2OC(CO)C(O)C(O)C2O)nn1)C(=O)OCc1ccccc1. The van der Waals surface area contributed by atoms with E-state index in [4.69, 9.17) is 33.2 Å². The molecule has 13 unspecified atom stereocenters. The zero-order valence-corrected chi connectivity index (χ0v) is 38.6. The second kappa shape index (κ2) is 23.5. The number of carbonyl (C=O) groups is 3. The molecule has 2 fully saturated rings. The van der Waals surface area contributed by atoms with Gasteiger partial charge in [0, 0.05) is 0 Å². The quantitative estimate of drug-likeness (QED) is 0.0348. The van der Waals surface area contributed by atoms with E-state index in [9.17, 15) is 55.2 Å². The van der Waals surface area contributed by atoms with Crippen LogP contribution in [-0.4, -0.2) is 197 Å². The second-order valence-corrected chi connectivity index (χ2v) is 19.4. The van der Waals surface area contributed by atoms with Crippen LogP contribution < -0.4 is 0 Å². The summed E-state index contributed by atoms with van der Waals surface area (Å²) in [5.74, 6) is -2.09. The molecule has 3 aliphatic heterocycles.